The number of hydrogen-bond donors (Lipinski definition) is 1. The van der Waals surface area contributed by atoms with Crippen molar-refractivity contribution in [2.75, 3.05) is 6.54 Å². The van der Waals surface area contributed by atoms with Crippen LogP contribution in [0.3, 0.4) is 0 Å². The van der Waals surface area contributed by atoms with Crippen LogP contribution in [0.15, 0.2) is 39.5 Å². The summed E-state index contributed by atoms with van der Waals surface area (Å²) in [7, 11) is 0. The van der Waals surface area contributed by atoms with Crippen molar-refractivity contribution in [1.82, 2.24) is 5.32 Å². The Morgan fingerprint density at radius 3 is 3.17 bits per heavy atom. The first-order valence-electron chi connectivity index (χ1n) is 5.98. The van der Waals surface area contributed by atoms with E-state index in [-0.39, 0.29) is 6.10 Å². The second kappa shape index (κ2) is 5.43. The molecule has 0 bridgehead atoms. The molecule has 1 atom stereocenters. The molecule has 0 aliphatic carbocycles. The minimum atomic E-state index is 0.257. The zero-order valence-corrected chi connectivity index (χ0v) is 12.3. The fourth-order valence-corrected chi connectivity index (χ4v) is 3.25. The first kappa shape index (κ1) is 12.2. The lowest BCUT2D eigenvalue weighted by Crippen LogP contribution is -2.29. The summed E-state index contributed by atoms with van der Waals surface area (Å²) in [6.45, 7) is 1.81. The fourth-order valence-electron chi connectivity index (χ4n) is 2.17. The maximum Gasteiger partial charge on any atom is 0.123 e. The molecule has 2 heterocycles. The van der Waals surface area contributed by atoms with Gasteiger partial charge in [-0.05, 0) is 46.2 Å². The van der Waals surface area contributed by atoms with Crippen molar-refractivity contribution in [3.05, 3.63) is 50.6 Å². The molecule has 0 spiro atoms. The van der Waals surface area contributed by atoms with E-state index in [1.54, 1.807) is 11.3 Å². The highest BCUT2D eigenvalue weighted by atomic mass is 79.9. The van der Waals surface area contributed by atoms with Crippen LogP contribution in [0.25, 0.3) is 0 Å². The van der Waals surface area contributed by atoms with Crippen molar-refractivity contribution in [2.24, 2.45) is 0 Å². The number of benzene rings is 1. The quantitative estimate of drug-likeness (QED) is 0.928. The number of nitrogens with one attached hydrogen (secondary N) is 1. The highest BCUT2D eigenvalue weighted by Crippen LogP contribution is 2.30. The lowest BCUT2D eigenvalue weighted by atomic mass is 10.1. The molecule has 3 rings (SSSR count). The normalized spacial score (nSPS) is 17.5. The first-order chi connectivity index (χ1) is 8.81. The average molecular weight is 324 g/mol. The van der Waals surface area contributed by atoms with Gasteiger partial charge in [-0.3, -0.25) is 0 Å². The van der Waals surface area contributed by atoms with Gasteiger partial charge < -0.3 is 10.1 Å². The molecule has 0 radical (unpaired) electrons. The monoisotopic (exact) mass is 323 g/mol. The van der Waals surface area contributed by atoms with Crippen LogP contribution in [-0.2, 0) is 13.0 Å². The van der Waals surface area contributed by atoms with E-state index in [4.69, 9.17) is 4.74 Å². The summed E-state index contributed by atoms with van der Waals surface area (Å²) in [5.41, 5.74) is 2.64. The van der Waals surface area contributed by atoms with Gasteiger partial charge in [0.15, 0.2) is 0 Å². The molecule has 0 saturated heterocycles. The van der Waals surface area contributed by atoms with Crippen LogP contribution in [0.4, 0.5) is 0 Å². The topological polar surface area (TPSA) is 21.3 Å². The molecule has 0 amide bonds. The van der Waals surface area contributed by atoms with Gasteiger partial charge in [-0.2, -0.15) is 11.3 Å². The number of halogens is 1. The van der Waals surface area contributed by atoms with Crippen molar-refractivity contribution < 1.29 is 4.74 Å². The van der Waals surface area contributed by atoms with Gasteiger partial charge in [-0.1, -0.05) is 15.9 Å². The van der Waals surface area contributed by atoms with Crippen LogP contribution in [0.1, 0.15) is 11.1 Å². The Morgan fingerprint density at radius 2 is 2.33 bits per heavy atom. The zero-order valence-electron chi connectivity index (χ0n) is 9.86. The molecule has 0 saturated carbocycles. The van der Waals surface area contributed by atoms with Crippen LogP contribution >= 0.6 is 27.3 Å². The van der Waals surface area contributed by atoms with E-state index in [1.165, 1.54) is 11.1 Å². The molecule has 1 unspecified atom stereocenters. The van der Waals surface area contributed by atoms with Crippen LogP contribution in [-0.4, -0.2) is 12.6 Å². The van der Waals surface area contributed by atoms with Gasteiger partial charge in [0.2, 0.25) is 0 Å². The number of thiophene rings is 1. The Hall–Kier alpha value is -0.840. The SMILES string of the molecule is Brc1ccc2c(c1)CC(CNCc1ccsc1)O2. The maximum absolute atomic E-state index is 5.90. The predicted molar refractivity (Wildman–Crippen MR) is 78.3 cm³/mol. The summed E-state index contributed by atoms with van der Waals surface area (Å²) in [6.07, 6.45) is 1.25. The number of rotatable bonds is 4. The molecule has 1 aromatic heterocycles. The third-order valence-electron chi connectivity index (χ3n) is 3.04. The summed E-state index contributed by atoms with van der Waals surface area (Å²) in [5, 5.41) is 7.73. The van der Waals surface area contributed by atoms with Crippen molar-refractivity contribution in [1.29, 1.82) is 0 Å². The second-order valence-electron chi connectivity index (χ2n) is 4.46. The minimum absolute atomic E-state index is 0.257. The molecule has 4 heteroatoms. The molecule has 18 heavy (non-hydrogen) atoms. The third kappa shape index (κ3) is 2.76. The van der Waals surface area contributed by atoms with Gasteiger partial charge >= 0.3 is 0 Å². The van der Waals surface area contributed by atoms with E-state index >= 15 is 0 Å². The van der Waals surface area contributed by atoms with E-state index in [9.17, 15) is 0 Å². The fraction of sp³-hybridized carbons (Fsp3) is 0.286. The standard InChI is InChI=1S/C14H14BrNOS/c15-12-1-2-14-11(5-12)6-13(17-14)8-16-7-10-3-4-18-9-10/h1-5,9,13,16H,6-8H2. The van der Waals surface area contributed by atoms with Crippen LogP contribution in [0.5, 0.6) is 5.75 Å². The largest absolute Gasteiger partial charge is 0.488 e. The molecule has 2 aromatic rings. The van der Waals surface area contributed by atoms with E-state index in [1.807, 2.05) is 12.1 Å². The van der Waals surface area contributed by atoms with Crippen molar-refractivity contribution in [2.45, 2.75) is 19.1 Å². The lowest BCUT2D eigenvalue weighted by Gasteiger charge is -2.11. The molecular formula is C14H14BrNOS. The smallest absolute Gasteiger partial charge is 0.123 e. The second-order valence-corrected chi connectivity index (χ2v) is 6.15. The minimum Gasteiger partial charge on any atom is -0.488 e. The summed E-state index contributed by atoms with van der Waals surface area (Å²) in [4.78, 5) is 0. The van der Waals surface area contributed by atoms with Crippen molar-refractivity contribution in [3.8, 4) is 5.75 Å². The van der Waals surface area contributed by atoms with E-state index in [0.29, 0.717) is 0 Å². The van der Waals surface area contributed by atoms with E-state index in [0.717, 1.165) is 29.7 Å². The van der Waals surface area contributed by atoms with Gasteiger partial charge in [0.1, 0.15) is 11.9 Å². The third-order valence-corrected chi connectivity index (χ3v) is 4.27. The molecule has 94 valence electrons. The summed E-state index contributed by atoms with van der Waals surface area (Å²) in [6, 6.07) is 8.37. The number of hydrogen-bond acceptors (Lipinski definition) is 3. The lowest BCUT2D eigenvalue weighted by molar-refractivity contribution is 0.227. The first-order valence-corrected chi connectivity index (χ1v) is 7.72. The van der Waals surface area contributed by atoms with Gasteiger partial charge in [0, 0.05) is 24.0 Å². The Morgan fingerprint density at radius 1 is 1.39 bits per heavy atom. The van der Waals surface area contributed by atoms with Crippen LogP contribution in [0.2, 0.25) is 0 Å². The van der Waals surface area contributed by atoms with Gasteiger partial charge in [0.25, 0.3) is 0 Å². The molecule has 1 aliphatic heterocycles. The van der Waals surface area contributed by atoms with Crippen LogP contribution < -0.4 is 10.1 Å². The van der Waals surface area contributed by atoms with Crippen LogP contribution in [0, 0.1) is 0 Å². The molecular weight excluding hydrogens is 310 g/mol. The Labute approximate surface area is 119 Å². The Bertz CT molecular complexity index is 527. The van der Waals surface area contributed by atoms with Gasteiger partial charge in [0.05, 0.1) is 0 Å². The molecule has 1 aromatic carbocycles. The van der Waals surface area contributed by atoms with E-state index < -0.39 is 0 Å². The summed E-state index contributed by atoms with van der Waals surface area (Å²) in [5.74, 6) is 1.03. The highest BCUT2D eigenvalue weighted by molar-refractivity contribution is 9.10. The summed E-state index contributed by atoms with van der Waals surface area (Å²) >= 11 is 5.23. The van der Waals surface area contributed by atoms with Crippen molar-refractivity contribution in [3.63, 3.8) is 0 Å². The van der Waals surface area contributed by atoms with Gasteiger partial charge in [-0.15, -0.1) is 0 Å². The zero-order chi connectivity index (χ0) is 12.4. The van der Waals surface area contributed by atoms with Crippen molar-refractivity contribution >= 4 is 27.3 Å². The number of fused-ring (bicyclic) bond motifs is 1. The maximum atomic E-state index is 5.90. The van der Waals surface area contributed by atoms with E-state index in [2.05, 4.69) is 44.1 Å². The summed E-state index contributed by atoms with van der Waals surface area (Å²) < 4.78 is 7.02. The molecule has 1 N–H and O–H groups in total. The number of ether oxygens (including phenoxy) is 1. The Kier molecular flexibility index (Phi) is 3.68. The highest BCUT2D eigenvalue weighted by Gasteiger charge is 2.22. The van der Waals surface area contributed by atoms with Gasteiger partial charge in [-0.25, -0.2) is 0 Å². The average Bonchev–Trinajstić information content (AvgIpc) is 2.97. The predicted octanol–water partition coefficient (Wildman–Crippen LogP) is 3.60. The Balaban J connectivity index is 1.52. The molecule has 1 aliphatic rings. The molecule has 0 fully saturated rings. The molecule has 2 nitrogen and oxygen atoms in total.